The molecule has 0 saturated carbocycles. The van der Waals surface area contributed by atoms with Crippen LogP contribution in [0.25, 0.3) is 0 Å². The summed E-state index contributed by atoms with van der Waals surface area (Å²) in [4.78, 5) is 0. The number of rotatable bonds is 5. The van der Waals surface area contributed by atoms with Crippen molar-refractivity contribution in [3.05, 3.63) is 45.3 Å². The highest BCUT2D eigenvalue weighted by molar-refractivity contribution is 6.32. The van der Waals surface area contributed by atoms with Gasteiger partial charge in [0.1, 0.15) is 11.5 Å². The summed E-state index contributed by atoms with van der Waals surface area (Å²) in [7, 11) is 0. The maximum absolute atomic E-state index is 9.38. The molecular weight excluding hydrogens is 300 g/mol. The van der Waals surface area contributed by atoms with Crippen molar-refractivity contribution in [2.75, 3.05) is 6.61 Å². The SMILES string of the molecule is Cc1cc(OCCC(C#N)c2c(C)noc2C)cc(C)c1Cl. The van der Waals surface area contributed by atoms with Crippen LogP contribution >= 0.6 is 11.6 Å². The summed E-state index contributed by atoms with van der Waals surface area (Å²) in [6.45, 7) is 8.02. The van der Waals surface area contributed by atoms with Gasteiger partial charge in [-0.15, -0.1) is 0 Å². The molecule has 2 aromatic rings. The Morgan fingerprint density at radius 3 is 2.41 bits per heavy atom. The van der Waals surface area contributed by atoms with Crippen molar-refractivity contribution in [1.82, 2.24) is 5.16 Å². The molecule has 0 aliphatic heterocycles. The zero-order chi connectivity index (χ0) is 16.3. The summed E-state index contributed by atoms with van der Waals surface area (Å²) in [6, 6.07) is 6.12. The summed E-state index contributed by atoms with van der Waals surface area (Å²) < 4.78 is 10.9. The van der Waals surface area contributed by atoms with Gasteiger partial charge in [-0.3, -0.25) is 0 Å². The van der Waals surface area contributed by atoms with Gasteiger partial charge >= 0.3 is 0 Å². The smallest absolute Gasteiger partial charge is 0.138 e. The Morgan fingerprint density at radius 2 is 1.91 bits per heavy atom. The second kappa shape index (κ2) is 6.85. The first kappa shape index (κ1) is 16.4. The number of aryl methyl sites for hydroxylation is 4. The minimum Gasteiger partial charge on any atom is -0.494 e. The van der Waals surface area contributed by atoms with E-state index in [0.717, 1.165) is 33.2 Å². The molecular formula is C17H19ClN2O2. The summed E-state index contributed by atoms with van der Waals surface area (Å²) in [5.74, 6) is 1.19. The van der Waals surface area contributed by atoms with Crippen LogP contribution in [0.2, 0.25) is 5.02 Å². The van der Waals surface area contributed by atoms with Gasteiger partial charge in [0.05, 0.1) is 24.3 Å². The van der Waals surface area contributed by atoms with Gasteiger partial charge in [-0.1, -0.05) is 16.8 Å². The number of aromatic nitrogens is 1. The quantitative estimate of drug-likeness (QED) is 0.806. The first-order valence-corrected chi connectivity index (χ1v) is 7.53. The molecule has 0 bridgehead atoms. The molecule has 1 unspecified atom stereocenters. The fourth-order valence-corrected chi connectivity index (χ4v) is 2.65. The van der Waals surface area contributed by atoms with Gasteiger partial charge in [0, 0.05) is 17.0 Å². The van der Waals surface area contributed by atoms with E-state index < -0.39 is 0 Å². The van der Waals surface area contributed by atoms with E-state index in [-0.39, 0.29) is 5.92 Å². The number of benzene rings is 1. The van der Waals surface area contributed by atoms with Gasteiger partial charge < -0.3 is 9.26 Å². The molecule has 1 aromatic carbocycles. The molecule has 0 saturated heterocycles. The van der Waals surface area contributed by atoms with Gasteiger partial charge in [-0.2, -0.15) is 5.26 Å². The molecule has 1 atom stereocenters. The zero-order valence-electron chi connectivity index (χ0n) is 13.2. The fraction of sp³-hybridized carbons (Fsp3) is 0.412. The molecule has 1 aromatic heterocycles. The lowest BCUT2D eigenvalue weighted by Crippen LogP contribution is -2.06. The number of ether oxygens (including phenoxy) is 1. The number of nitrogens with zero attached hydrogens (tertiary/aromatic N) is 2. The lowest BCUT2D eigenvalue weighted by Gasteiger charge is -2.12. The van der Waals surface area contributed by atoms with E-state index in [1.54, 1.807) is 0 Å². The third kappa shape index (κ3) is 3.42. The molecule has 0 aliphatic rings. The largest absolute Gasteiger partial charge is 0.494 e. The summed E-state index contributed by atoms with van der Waals surface area (Å²) in [5, 5.41) is 14.0. The molecule has 4 nitrogen and oxygen atoms in total. The minimum absolute atomic E-state index is 0.277. The molecule has 0 amide bonds. The summed E-state index contributed by atoms with van der Waals surface area (Å²) >= 11 is 6.14. The fourth-order valence-electron chi connectivity index (χ4n) is 2.55. The Morgan fingerprint density at radius 1 is 1.27 bits per heavy atom. The summed E-state index contributed by atoms with van der Waals surface area (Å²) in [6.07, 6.45) is 0.583. The van der Waals surface area contributed by atoms with Crippen molar-refractivity contribution in [2.45, 2.75) is 40.0 Å². The lowest BCUT2D eigenvalue weighted by atomic mass is 9.96. The van der Waals surface area contributed by atoms with E-state index in [0.29, 0.717) is 18.8 Å². The predicted octanol–water partition coefficient (Wildman–Crippen LogP) is 4.64. The Balaban J connectivity index is 2.03. The predicted molar refractivity (Wildman–Crippen MR) is 85.4 cm³/mol. The molecule has 0 aliphatic carbocycles. The van der Waals surface area contributed by atoms with Gasteiger partial charge in [-0.05, 0) is 51.0 Å². The van der Waals surface area contributed by atoms with Crippen molar-refractivity contribution < 1.29 is 9.26 Å². The maximum Gasteiger partial charge on any atom is 0.138 e. The van der Waals surface area contributed by atoms with Crippen LogP contribution < -0.4 is 4.74 Å². The standard InChI is InChI=1S/C17H19ClN2O2/c1-10-7-15(8-11(2)17(10)18)21-6-5-14(9-19)16-12(3)20-22-13(16)4/h7-8,14H,5-6H2,1-4H3. The van der Waals surface area contributed by atoms with Gasteiger partial charge in [0.2, 0.25) is 0 Å². The summed E-state index contributed by atoms with van der Waals surface area (Å²) in [5.41, 5.74) is 3.61. The zero-order valence-corrected chi connectivity index (χ0v) is 14.0. The number of halogens is 1. The van der Waals surface area contributed by atoms with E-state index in [1.165, 1.54) is 0 Å². The van der Waals surface area contributed by atoms with Gasteiger partial charge in [0.25, 0.3) is 0 Å². The molecule has 1 heterocycles. The van der Waals surface area contributed by atoms with Crippen LogP contribution in [0.5, 0.6) is 5.75 Å². The number of hydrogen-bond donors (Lipinski definition) is 0. The van der Waals surface area contributed by atoms with E-state index in [9.17, 15) is 5.26 Å². The number of nitriles is 1. The Kier molecular flexibility index (Phi) is 5.10. The van der Waals surface area contributed by atoms with E-state index in [2.05, 4.69) is 11.2 Å². The molecule has 22 heavy (non-hydrogen) atoms. The average Bonchev–Trinajstić information content (AvgIpc) is 2.81. The highest BCUT2D eigenvalue weighted by Gasteiger charge is 2.20. The molecule has 116 valence electrons. The van der Waals surface area contributed by atoms with Crippen molar-refractivity contribution >= 4 is 11.6 Å². The van der Waals surface area contributed by atoms with Crippen LogP contribution in [-0.4, -0.2) is 11.8 Å². The Hall–Kier alpha value is -1.99. The molecule has 2 rings (SSSR count). The molecule has 5 heteroatoms. The topological polar surface area (TPSA) is 59.0 Å². The Labute approximate surface area is 135 Å². The molecule has 0 radical (unpaired) electrons. The van der Waals surface area contributed by atoms with Crippen LogP contribution in [0.4, 0.5) is 0 Å². The normalized spacial score (nSPS) is 12.0. The molecule has 0 fully saturated rings. The van der Waals surface area contributed by atoms with E-state index >= 15 is 0 Å². The average molecular weight is 319 g/mol. The highest BCUT2D eigenvalue weighted by atomic mass is 35.5. The first-order chi connectivity index (χ1) is 10.4. The molecule has 0 N–H and O–H groups in total. The van der Waals surface area contributed by atoms with Crippen molar-refractivity contribution in [1.29, 1.82) is 5.26 Å². The maximum atomic E-state index is 9.38. The van der Waals surface area contributed by atoms with Crippen LogP contribution in [0.3, 0.4) is 0 Å². The third-order valence-electron chi connectivity index (χ3n) is 3.68. The molecule has 0 spiro atoms. The highest BCUT2D eigenvalue weighted by Crippen LogP contribution is 2.28. The van der Waals surface area contributed by atoms with Crippen molar-refractivity contribution in [3.8, 4) is 11.8 Å². The van der Waals surface area contributed by atoms with Crippen LogP contribution in [-0.2, 0) is 0 Å². The Bertz CT molecular complexity index is 673. The first-order valence-electron chi connectivity index (χ1n) is 7.16. The minimum atomic E-state index is -0.277. The van der Waals surface area contributed by atoms with Crippen LogP contribution in [0, 0.1) is 39.0 Å². The second-order valence-electron chi connectivity index (χ2n) is 5.43. The van der Waals surface area contributed by atoms with E-state index in [1.807, 2.05) is 39.8 Å². The van der Waals surface area contributed by atoms with Gasteiger partial charge in [-0.25, -0.2) is 0 Å². The third-order valence-corrected chi connectivity index (χ3v) is 4.27. The second-order valence-corrected chi connectivity index (χ2v) is 5.81. The van der Waals surface area contributed by atoms with Crippen LogP contribution in [0.15, 0.2) is 16.7 Å². The van der Waals surface area contributed by atoms with Gasteiger partial charge in [0.15, 0.2) is 0 Å². The van der Waals surface area contributed by atoms with E-state index in [4.69, 9.17) is 20.9 Å². The van der Waals surface area contributed by atoms with Crippen molar-refractivity contribution in [3.63, 3.8) is 0 Å². The monoisotopic (exact) mass is 318 g/mol. The van der Waals surface area contributed by atoms with Crippen LogP contribution in [0.1, 0.15) is 40.5 Å². The number of hydrogen-bond acceptors (Lipinski definition) is 4. The lowest BCUT2D eigenvalue weighted by molar-refractivity contribution is 0.305. The van der Waals surface area contributed by atoms with Crippen molar-refractivity contribution in [2.24, 2.45) is 0 Å².